The molecule has 1 aliphatic rings. The predicted octanol–water partition coefficient (Wildman–Crippen LogP) is 1.27. The lowest BCUT2D eigenvalue weighted by molar-refractivity contribution is -0.165. The molecular formula is C14H16INO4. The van der Waals surface area contributed by atoms with Gasteiger partial charge in [-0.25, -0.2) is 4.79 Å². The Kier molecular flexibility index (Phi) is 4.64. The fraction of sp³-hybridized carbons (Fsp3) is 0.429. The topological polar surface area (TPSA) is 77.8 Å². The second-order valence-electron chi connectivity index (χ2n) is 5.02. The Morgan fingerprint density at radius 3 is 2.50 bits per heavy atom. The lowest BCUT2D eigenvalue weighted by Gasteiger charge is -2.35. The fourth-order valence-corrected chi connectivity index (χ4v) is 2.88. The zero-order valence-electron chi connectivity index (χ0n) is 10.9. The summed E-state index contributed by atoms with van der Waals surface area (Å²) in [7, 11) is 0. The Hall–Kier alpha value is -1.15. The van der Waals surface area contributed by atoms with Crippen molar-refractivity contribution in [2.24, 2.45) is 0 Å². The number of benzene rings is 1. The van der Waals surface area contributed by atoms with Gasteiger partial charge in [0.25, 0.3) is 0 Å². The van der Waals surface area contributed by atoms with Crippen LogP contribution >= 0.6 is 22.6 Å². The number of carbonyl (C=O) groups is 2. The molecule has 2 rings (SSSR count). The molecule has 1 heterocycles. The number of carboxylic acid groups (broad SMARTS) is 1. The van der Waals surface area contributed by atoms with Crippen LogP contribution in [0, 0.1) is 3.57 Å². The molecule has 1 saturated heterocycles. The van der Waals surface area contributed by atoms with Crippen molar-refractivity contribution >= 4 is 34.5 Å². The van der Waals surface area contributed by atoms with E-state index in [1.807, 2.05) is 24.3 Å². The quantitative estimate of drug-likeness (QED) is 0.764. The summed E-state index contributed by atoms with van der Waals surface area (Å²) in [6, 6.07) is 7.72. The summed E-state index contributed by atoms with van der Waals surface area (Å²) < 4.78 is 1.08. The second kappa shape index (κ2) is 6.09. The highest BCUT2D eigenvalue weighted by molar-refractivity contribution is 14.1. The Morgan fingerprint density at radius 1 is 1.30 bits per heavy atom. The lowest BCUT2D eigenvalue weighted by Crippen LogP contribution is -2.51. The molecule has 1 aliphatic heterocycles. The van der Waals surface area contributed by atoms with Gasteiger partial charge in [0.05, 0.1) is 6.42 Å². The molecule has 0 unspecified atom stereocenters. The third-order valence-electron chi connectivity index (χ3n) is 3.59. The molecule has 1 aromatic carbocycles. The number of carbonyl (C=O) groups excluding carboxylic acids is 1. The van der Waals surface area contributed by atoms with Crippen LogP contribution < -0.4 is 0 Å². The molecule has 5 nitrogen and oxygen atoms in total. The molecule has 1 fully saturated rings. The molecule has 0 spiro atoms. The number of likely N-dealkylation sites (tertiary alicyclic amines) is 1. The van der Waals surface area contributed by atoms with Crippen LogP contribution in [0.2, 0.25) is 0 Å². The van der Waals surface area contributed by atoms with E-state index in [2.05, 4.69) is 22.6 Å². The Balaban J connectivity index is 1.94. The van der Waals surface area contributed by atoms with Crippen molar-refractivity contribution in [3.05, 3.63) is 33.4 Å². The molecule has 20 heavy (non-hydrogen) atoms. The van der Waals surface area contributed by atoms with E-state index in [-0.39, 0.29) is 31.8 Å². The lowest BCUT2D eigenvalue weighted by atomic mass is 9.91. The normalized spacial score (nSPS) is 17.8. The summed E-state index contributed by atoms with van der Waals surface area (Å²) in [6.07, 6.45) is 0.475. The van der Waals surface area contributed by atoms with Gasteiger partial charge in [0.1, 0.15) is 0 Å². The Bertz CT molecular complexity index is 524. The maximum Gasteiger partial charge on any atom is 0.335 e. The minimum atomic E-state index is -1.68. The van der Waals surface area contributed by atoms with E-state index < -0.39 is 11.6 Å². The molecule has 1 amide bonds. The first-order valence-electron chi connectivity index (χ1n) is 6.39. The molecule has 0 aromatic heterocycles. The van der Waals surface area contributed by atoms with Crippen molar-refractivity contribution in [1.29, 1.82) is 0 Å². The van der Waals surface area contributed by atoms with Gasteiger partial charge in [0.2, 0.25) is 5.91 Å². The van der Waals surface area contributed by atoms with Crippen molar-refractivity contribution in [3.8, 4) is 0 Å². The third kappa shape index (κ3) is 3.49. The number of carboxylic acids is 1. The number of hydrogen-bond donors (Lipinski definition) is 2. The predicted molar refractivity (Wildman–Crippen MR) is 81.3 cm³/mol. The van der Waals surface area contributed by atoms with E-state index in [4.69, 9.17) is 5.11 Å². The van der Waals surface area contributed by atoms with Gasteiger partial charge in [0.15, 0.2) is 5.60 Å². The highest BCUT2D eigenvalue weighted by atomic mass is 127. The summed E-state index contributed by atoms with van der Waals surface area (Å²) >= 11 is 2.20. The second-order valence-corrected chi connectivity index (χ2v) is 6.27. The standard InChI is InChI=1S/C14H16INO4/c15-11-3-1-2-10(8-11)9-12(17)16-6-4-14(20,5-7-16)13(18)19/h1-3,8,20H,4-7,9H2,(H,18,19). The average Bonchev–Trinajstić information content (AvgIpc) is 2.39. The Labute approximate surface area is 130 Å². The van der Waals surface area contributed by atoms with Crippen LogP contribution in [0.4, 0.5) is 0 Å². The number of aliphatic carboxylic acids is 1. The molecule has 2 N–H and O–H groups in total. The highest BCUT2D eigenvalue weighted by Gasteiger charge is 2.40. The highest BCUT2D eigenvalue weighted by Crippen LogP contribution is 2.23. The molecular weight excluding hydrogens is 373 g/mol. The molecule has 108 valence electrons. The summed E-state index contributed by atoms with van der Waals surface area (Å²) in [5.74, 6) is -1.23. The SMILES string of the molecule is O=C(Cc1cccc(I)c1)N1CCC(O)(C(=O)O)CC1. The van der Waals surface area contributed by atoms with Gasteiger partial charge < -0.3 is 15.1 Å². The number of piperidine rings is 1. The summed E-state index contributed by atoms with van der Waals surface area (Å²) in [4.78, 5) is 24.7. The number of hydrogen-bond acceptors (Lipinski definition) is 3. The van der Waals surface area contributed by atoms with Crippen LogP contribution in [-0.4, -0.2) is 45.7 Å². The first-order chi connectivity index (χ1) is 9.40. The fourth-order valence-electron chi connectivity index (χ4n) is 2.27. The van der Waals surface area contributed by atoms with E-state index in [0.29, 0.717) is 6.42 Å². The van der Waals surface area contributed by atoms with Gasteiger partial charge in [-0.3, -0.25) is 4.79 Å². The molecule has 0 radical (unpaired) electrons. The van der Waals surface area contributed by atoms with Crippen LogP contribution in [0.1, 0.15) is 18.4 Å². The molecule has 0 saturated carbocycles. The summed E-state index contributed by atoms with van der Waals surface area (Å²) in [6.45, 7) is 0.567. The van der Waals surface area contributed by atoms with Gasteiger partial charge in [-0.15, -0.1) is 0 Å². The molecule has 0 atom stereocenters. The van der Waals surface area contributed by atoms with Crippen LogP contribution in [0.5, 0.6) is 0 Å². The first kappa shape index (κ1) is 15.2. The van der Waals surface area contributed by atoms with Crippen LogP contribution in [0.3, 0.4) is 0 Å². The number of aliphatic hydroxyl groups is 1. The van der Waals surface area contributed by atoms with Crippen LogP contribution in [0.25, 0.3) is 0 Å². The molecule has 6 heteroatoms. The van der Waals surface area contributed by atoms with Crippen molar-refractivity contribution in [3.63, 3.8) is 0 Å². The first-order valence-corrected chi connectivity index (χ1v) is 7.46. The van der Waals surface area contributed by atoms with Gasteiger partial charge in [-0.1, -0.05) is 12.1 Å². The largest absolute Gasteiger partial charge is 0.479 e. The zero-order valence-corrected chi connectivity index (χ0v) is 13.0. The van der Waals surface area contributed by atoms with Gasteiger partial charge in [0, 0.05) is 29.5 Å². The van der Waals surface area contributed by atoms with Crippen molar-refractivity contribution < 1.29 is 19.8 Å². The van der Waals surface area contributed by atoms with Gasteiger partial charge in [-0.2, -0.15) is 0 Å². The molecule has 0 aliphatic carbocycles. The van der Waals surface area contributed by atoms with Crippen molar-refractivity contribution in [2.75, 3.05) is 13.1 Å². The van der Waals surface area contributed by atoms with Crippen LogP contribution in [-0.2, 0) is 16.0 Å². The van der Waals surface area contributed by atoms with E-state index in [1.54, 1.807) is 4.90 Å². The minimum Gasteiger partial charge on any atom is -0.479 e. The maximum atomic E-state index is 12.2. The summed E-state index contributed by atoms with van der Waals surface area (Å²) in [5, 5.41) is 18.8. The van der Waals surface area contributed by atoms with Crippen LogP contribution in [0.15, 0.2) is 24.3 Å². The monoisotopic (exact) mass is 389 g/mol. The molecule has 1 aromatic rings. The van der Waals surface area contributed by atoms with E-state index in [1.165, 1.54) is 0 Å². The van der Waals surface area contributed by atoms with E-state index in [0.717, 1.165) is 9.13 Å². The number of halogens is 1. The zero-order chi connectivity index (χ0) is 14.8. The maximum absolute atomic E-state index is 12.2. The van der Waals surface area contributed by atoms with E-state index in [9.17, 15) is 14.7 Å². The summed E-state index contributed by atoms with van der Waals surface area (Å²) in [5.41, 5.74) is -0.736. The smallest absolute Gasteiger partial charge is 0.335 e. The molecule has 0 bridgehead atoms. The number of amides is 1. The number of nitrogens with zero attached hydrogens (tertiary/aromatic N) is 1. The minimum absolute atomic E-state index is 0.0283. The van der Waals surface area contributed by atoms with Crippen molar-refractivity contribution in [1.82, 2.24) is 4.90 Å². The number of rotatable bonds is 3. The third-order valence-corrected chi connectivity index (χ3v) is 4.26. The van der Waals surface area contributed by atoms with Gasteiger partial charge in [-0.05, 0) is 40.3 Å². The van der Waals surface area contributed by atoms with E-state index >= 15 is 0 Å². The average molecular weight is 389 g/mol. The Morgan fingerprint density at radius 2 is 1.95 bits per heavy atom. The van der Waals surface area contributed by atoms with Gasteiger partial charge >= 0.3 is 5.97 Å². The van der Waals surface area contributed by atoms with Crippen molar-refractivity contribution in [2.45, 2.75) is 24.9 Å².